The number of urea groups is 1. The van der Waals surface area contributed by atoms with Crippen molar-refractivity contribution in [2.75, 3.05) is 13.2 Å². The molecule has 0 saturated carbocycles. The number of nitrogens with zero attached hydrogens (tertiary/aromatic N) is 1. The molecule has 0 heterocycles. The first kappa shape index (κ1) is 17.1. The maximum absolute atomic E-state index is 12.2. The molecule has 0 aromatic heterocycles. The van der Waals surface area contributed by atoms with Gasteiger partial charge in [-0.15, -0.1) is 0 Å². The number of nitrogens with one attached hydrogen (secondary N) is 1. The van der Waals surface area contributed by atoms with Crippen molar-refractivity contribution in [3.05, 3.63) is 33.8 Å². The molecule has 1 atom stereocenters. The summed E-state index contributed by atoms with van der Waals surface area (Å²) in [6.07, 6.45) is 2.98. The van der Waals surface area contributed by atoms with E-state index in [0.29, 0.717) is 0 Å². The van der Waals surface area contributed by atoms with Gasteiger partial charge in [0, 0.05) is 11.4 Å². The minimum Gasteiger partial charge on any atom is -0.464 e. The van der Waals surface area contributed by atoms with Crippen LogP contribution in [-0.2, 0) is 16.0 Å². The van der Waals surface area contributed by atoms with Crippen molar-refractivity contribution in [1.82, 2.24) is 9.62 Å². The third-order valence-electron chi connectivity index (χ3n) is 3.56. The van der Waals surface area contributed by atoms with Crippen LogP contribution in [0.5, 0.6) is 0 Å². The predicted octanol–water partition coefficient (Wildman–Crippen LogP) is 3.25. The highest BCUT2D eigenvalue weighted by Gasteiger charge is 2.23. The fourth-order valence-corrected chi connectivity index (χ4v) is 3.04. The largest absolute Gasteiger partial charge is 0.464 e. The Balaban J connectivity index is 1.95. The Bertz CT molecular complexity index is 568. The number of hydrogen-bond donors (Lipinski definition) is 2. The smallest absolute Gasteiger partial charge is 0.327 e. The Morgan fingerprint density at radius 3 is 3.00 bits per heavy atom. The molecule has 2 amide bonds. The normalized spacial score (nSPS) is 16.6. The lowest BCUT2D eigenvalue weighted by atomic mass is 9.88. The summed E-state index contributed by atoms with van der Waals surface area (Å²) in [5.41, 5.74) is 2.42. The molecular weight excluding hydrogens is 368 g/mol. The van der Waals surface area contributed by atoms with E-state index < -0.39 is 0 Å². The average molecular weight is 387 g/mol. The zero-order chi connectivity index (χ0) is 16.1. The molecule has 2 rings (SSSR count). The Kier molecular flexibility index (Phi) is 6.14. The summed E-state index contributed by atoms with van der Waals surface area (Å²) in [7, 11) is 0. The van der Waals surface area contributed by atoms with E-state index in [-0.39, 0.29) is 31.2 Å². The molecule has 22 heavy (non-hydrogen) atoms. The summed E-state index contributed by atoms with van der Waals surface area (Å²) in [4.78, 5) is 22.9. The van der Waals surface area contributed by atoms with Crippen molar-refractivity contribution in [3.8, 4) is 0 Å². The molecule has 5 nitrogen and oxygen atoms in total. The zero-order valence-corrected chi connectivity index (χ0v) is 14.8. The molecule has 1 aliphatic carbocycles. The van der Waals surface area contributed by atoms with Crippen molar-refractivity contribution in [2.24, 2.45) is 0 Å². The lowest BCUT2D eigenvalue weighted by molar-refractivity contribution is -0.140. The van der Waals surface area contributed by atoms with Gasteiger partial charge in [0.05, 0.1) is 12.6 Å². The van der Waals surface area contributed by atoms with Crippen LogP contribution in [0.3, 0.4) is 0 Å². The van der Waals surface area contributed by atoms with Crippen LogP contribution in [-0.4, -0.2) is 29.5 Å². The number of amides is 2. The molecule has 1 aliphatic rings. The van der Waals surface area contributed by atoms with Gasteiger partial charge in [0.15, 0.2) is 0 Å². The second-order valence-electron chi connectivity index (χ2n) is 5.20. The van der Waals surface area contributed by atoms with E-state index >= 15 is 0 Å². The standard InChI is InChI=1S/C15H19BrN2O3S/c1-10(19)21-8-7-18(22)15(20)17-14-4-2-3-11-5-6-12(16)9-13(11)14/h5-6,9,14,22H,2-4,7-8H2,1H3,(H,17,20). The van der Waals surface area contributed by atoms with Crippen molar-refractivity contribution < 1.29 is 14.3 Å². The summed E-state index contributed by atoms with van der Waals surface area (Å²) in [6.45, 7) is 1.71. The summed E-state index contributed by atoms with van der Waals surface area (Å²) in [5.74, 6) is -0.367. The van der Waals surface area contributed by atoms with E-state index in [9.17, 15) is 9.59 Å². The first-order valence-electron chi connectivity index (χ1n) is 7.16. The van der Waals surface area contributed by atoms with E-state index in [0.717, 1.165) is 29.3 Å². The Hall–Kier alpha value is -1.21. The van der Waals surface area contributed by atoms with E-state index in [1.165, 1.54) is 16.8 Å². The third kappa shape index (κ3) is 4.64. The number of ether oxygens (including phenoxy) is 1. The quantitative estimate of drug-likeness (QED) is 0.616. The van der Waals surface area contributed by atoms with Gasteiger partial charge in [-0.3, -0.25) is 9.10 Å². The van der Waals surface area contributed by atoms with Gasteiger partial charge in [-0.25, -0.2) is 4.79 Å². The number of thiol groups is 1. The molecule has 7 heteroatoms. The average Bonchev–Trinajstić information content (AvgIpc) is 2.47. The van der Waals surface area contributed by atoms with Crippen LogP contribution in [0.15, 0.2) is 22.7 Å². The van der Waals surface area contributed by atoms with E-state index in [1.54, 1.807) is 0 Å². The van der Waals surface area contributed by atoms with Crippen LogP contribution >= 0.6 is 28.7 Å². The number of rotatable bonds is 4. The summed E-state index contributed by atoms with van der Waals surface area (Å²) >= 11 is 7.61. The minimum atomic E-state index is -0.367. The third-order valence-corrected chi connectivity index (χ3v) is 4.44. The molecular formula is C15H19BrN2O3S. The van der Waals surface area contributed by atoms with Crippen LogP contribution in [0.2, 0.25) is 0 Å². The minimum absolute atomic E-state index is 0.0166. The highest BCUT2D eigenvalue weighted by molar-refractivity contribution is 9.10. The fraction of sp³-hybridized carbons (Fsp3) is 0.467. The molecule has 1 aromatic rings. The number of benzene rings is 1. The molecule has 0 fully saturated rings. The van der Waals surface area contributed by atoms with Crippen molar-refractivity contribution in [2.45, 2.75) is 32.2 Å². The highest BCUT2D eigenvalue weighted by atomic mass is 79.9. The maximum Gasteiger partial charge on any atom is 0.327 e. The number of carbonyl (C=O) groups excluding carboxylic acids is 2. The first-order valence-corrected chi connectivity index (χ1v) is 8.35. The molecule has 0 bridgehead atoms. The Morgan fingerprint density at radius 1 is 1.50 bits per heavy atom. The first-order chi connectivity index (χ1) is 10.5. The van der Waals surface area contributed by atoms with Gasteiger partial charge in [0.2, 0.25) is 0 Å². The molecule has 1 N–H and O–H groups in total. The molecule has 120 valence electrons. The predicted molar refractivity (Wildman–Crippen MR) is 90.7 cm³/mol. The summed E-state index contributed by atoms with van der Waals surface area (Å²) < 4.78 is 7.04. The van der Waals surface area contributed by atoms with Crippen molar-refractivity contribution >= 4 is 40.7 Å². The van der Waals surface area contributed by atoms with Crippen LogP contribution in [0.4, 0.5) is 4.79 Å². The van der Waals surface area contributed by atoms with Crippen LogP contribution < -0.4 is 5.32 Å². The van der Waals surface area contributed by atoms with Gasteiger partial charge in [0.1, 0.15) is 6.61 Å². The lowest BCUT2D eigenvalue weighted by Gasteiger charge is -2.28. The zero-order valence-electron chi connectivity index (χ0n) is 12.3. The van der Waals surface area contributed by atoms with Crippen molar-refractivity contribution in [1.29, 1.82) is 0 Å². The van der Waals surface area contributed by atoms with Gasteiger partial charge < -0.3 is 10.1 Å². The van der Waals surface area contributed by atoms with Gasteiger partial charge in [-0.1, -0.05) is 34.8 Å². The highest BCUT2D eigenvalue weighted by Crippen LogP contribution is 2.31. The van der Waals surface area contributed by atoms with Crippen LogP contribution in [0.25, 0.3) is 0 Å². The topological polar surface area (TPSA) is 58.6 Å². The van der Waals surface area contributed by atoms with Crippen LogP contribution in [0.1, 0.15) is 36.9 Å². The Morgan fingerprint density at radius 2 is 2.27 bits per heavy atom. The number of aryl methyl sites for hydroxylation is 1. The molecule has 0 radical (unpaired) electrons. The van der Waals surface area contributed by atoms with E-state index in [2.05, 4.69) is 46.2 Å². The van der Waals surface area contributed by atoms with Gasteiger partial charge in [0.25, 0.3) is 0 Å². The second-order valence-corrected chi connectivity index (χ2v) is 6.60. The van der Waals surface area contributed by atoms with Crippen LogP contribution in [0, 0.1) is 0 Å². The molecule has 0 saturated heterocycles. The number of esters is 1. The van der Waals surface area contributed by atoms with Crippen molar-refractivity contribution in [3.63, 3.8) is 0 Å². The fourth-order valence-electron chi connectivity index (χ4n) is 2.52. The summed E-state index contributed by atoms with van der Waals surface area (Å²) in [6, 6.07) is 5.87. The lowest BCUT2D eigenvalue weighted by Crippen LogP contribution is -2.39. The van der Waals surface area contributed by atoms with E-state index in [1.807, 2.05) is 6.07 Å². The Labute approximate surface area is 144 Å². The molecule has 0 aliphatic heterocycles. The monoisotopic (exact) mass is 386 g/mol. The molecule has 0 spiro atoms. The van der Waals surface area contributed by atoms with E-state index in [4.69, 9.17) is 4.74 Å². The second kappa shape index (κ2) is 7.87. The number of halogens is 1. The summed E-state index contributed by atoms with van der Waals surface area (Å²) in [5, 5.41) is 2.99. The van der Waals surface area contributed by atoms with Gasteiger partial charge in [-0.05, 0) is 42.5 Å². The van der Waals surface area contributed by atoms with Gasteiger partial charge >= 0.3 is 12.0 Å². The SMILES string of the molecule is CC(=O)OCCN(S)C(=O)NC1CCCc2ccc(Br)cc21. The number of hydrogen-bond acceptors (Lipinski definition) is 4. The number of fused-ring (bicyclic) bond motifs is 1. The van der Waals surface area contributed by atoms with Gasteiger partial charge in [-0.2, -0.15) is 0 Å². The number of carbonyl (C=O) groups is 2. The maximum atomic E-state index is 12.2. The molecule has 1 unspecified atom stereocenters. The molecule has 1 aromatic carbocycles.